The Morgan fingerprint density at radius 1 is 1.38 bits per heavy atom. The average Bonchev–Trinajstić information content (AvgIpc) is 2.48. The molecule has 0 bridgehead atoms. The van der Waals surface area contributed by atoms with E-state index in [0.717, 1.165) is 24.2 Å². The molecule has 0 aromatic heterocycles. The molecule has 21 heavy (non-hydrogen) atoms. The standard InChI is InChI=1S/C16H23N3O2/c1-4-9-17-11(2)13-7-5-6-8-14(13)19-10-15(20)18-16(21)12(19)3/h5-8,11-12,17H,4,9-10H2,1-3H3,(H,18,20,21). The van der Waals surface area contributed by atoms with Crippen molar-refractivity contribution in [1.29, 1.82) is 0 Å². The minimum atomic E-state index is -0.345. The molecule has 0 spiro atoms. The second-order valence-corrected chi connectivity index (χ2v) is 5.45. The largest absolute Gasteiger partial charge is 0.350 e. The van der Waals surface area contributed by atoms with Crippen molar-refractivity contribution < 1.29 is 9.59 Å². The van der Waals surface area contributed by atoms with Gasteiger partial charge in [0.25, 0.3) is 0 Å². The minimum Gasteiger partial charge on any atom is -0.350 e. The normalized spacial score (nSPS) is 20.3. The molecule has 1 fully saturated rings. The van der Waals surface area contributed by atoms with Crippen molar-refractivity contribution in [2.45, 2.75) is 39.3 Å². The van der Waals surface area contributed by atoms with Crippen LogP contribution in [0.1, 0.15) is 38.8 Å². The van der Waals surface area contributed by atoms with Crippen LogP contribution < -0.4 is 15.5 Å². The van der Waals surface area contributed by atoms with Gasteiger partial charge in [0.1, 0.15) is 6.04 Å². The molecule has 2 atom stereocenters. The monoisotopic (exact) mass is 289 g/mol. The molecule has 2 unspecified atom stereocenters. The summed E-state index contributed by atoms with van der Waals surface area (Å²) in [5, 5.41) is 5.83. The third-order valence-corrected chi connectivity index (χ3v) is 3.84. The Labute approximate surface area is 125 Å². The number of para-hydroxylation sites is 1. The summed E-state index contributed by atoms with van der Waals surface area (Å²) in [6.07, 6.45) is 1.06. The maximum atomic E-state index is 11.9. The highest BCUT2D eigenvalue weighted by Crippen LogP contribution is 2.28. The summed E-state index contributed by atoms with van der Waals surface area (Å²) in [4.78, 5) is 25.4. The summed E-state index contributed by atoms with van der Waals surface area (Å²) in [7, 11) is 0. The smallest absolute Gasteiger partial charge is 0.249 e. The first-order valence-corrected chi connectivity index (χ1v) is 7.47. The number of rotatable bonds is 5. The molecule has 2 amide bonds. The van der Waals surface area contributed by atoms with Crippen molar-refractivity contribution in [3.8, 4) is 0 Å². The van der Waals surface area contributed by atoms with E-state index in [2.05, 4.69) is 24.5 Å². The second-order valence-electron chi connectivity index (χ2n) is 5.45. The molecule has 114 valence electrons. The van der Waals surface area contributed by atoms with Gasteiger partial charge >= 0.3 is 0 Å². The van der Waals surface area contributed by atoms with Gasteiger partial charge in [-0.15, -0.1) is 0 Å². The molecular formula is C16H23N3O2. The molecule has 1 aliphatic heterocycles. The number of carbonyl (C=O) groups is 2. The van der Waals surface area contributed by atoms with E-state index in [1.54, 1.807) is 0 Å². The molecule has 5 nitrogen and oxygen atoms in total. The molecule has 0 radical (unpaired) electrons. The number of amides is 2. The molecule has 0 saturated carbocycles. The van der Waals surface area contributed by atoms with Crippen LogP contribution in [0.15, 0.2) is 24.3 Å². The van der Waals surface area contributed by atoms with Gasteiger partial charge in [-0.2, -0.15) is 0 Å². The summed E-state index contributed by atoms with van der Waals surface area (Å²) in [5.74, 6) is -0.489. The summed E-state index contributed by atoms with van der Waals surface area (Å²) in [5.41, 5.74) is 2.06. The minimum absolute atomic E-state index is 0.174. The highest BCUT2D eigenvalue weighted by molar-refractivity contribution is 6.04. The van der Waals surface area contributed by atoms with Crippen molar-refractivity contribution in [3.05, 3.63) is 29.8 Å². The zero-order valence-electron chi connectivity index (χ0n) is 12.8. The van der Waals surface area contributed by atoms with Crippen LogP contribution in [-0.4, -0.2) is 30.9 Å². The molecular weight excluding hydrogens is 266 g/mol. The number of anilines is 1. The summed E-state index contributed by atoms with van der Waals surface area (Å²) < 4.78 is 0. The van der Waals surface area contributed by atoms with Gasteiger partial charge in [0.15, 0.2) is 0 Å². The number of nitrogens with one attached hydrogen (secondary N) is 2. The van der Waals surface area contributed by atoms with Crippen LogP contribution in [0, 0.1) is 0 Å². The molecule has 1 saturated heterocycles. The molecule has 0 aliphatic carbocycles. The lowest BCUT2D eigenvalue weighted by molar-refractivity contribution is -0.132. The number of carbonyl (C=O) groups excluding carboxylic acids is 2. The van der Waals surface area contributed by atoms with Crippen LogP contribution in [0.25, 0.3) is 0 Å². The molecule has 1 aromatic carbocycles. The number of piperazine rings is 1. The Morgan fingerprint density at radius 3 is 2.81 bits per heavy atom. The third kappa shape index (κ3) is 3.42. The quantitative estimate of drug-likeness (QED) is 0.808. The Morgan fingerprint density at radius 2 is 2.10 bits per heavy atom. The van der Waals surface area contributed by atoms with Crippen LogP contribution >= 0.6 is 0 Å². The lowest BCUT2D eigenvalue weighted by Crippen LogP contribution is -2.57. The summed E-state index contributed by atoms with van der Waals surface area (Å²) >= 11 is 0. The molecule has 5 heteroatoms. The predicted molar refractivity (Wildman–Crippen MR) is 83.1 cm³/mol. The fourth-order valence-corrected chi connectivity index (χ4v) is 2.59. The van der Waals surface area contributed by atoms with Crippen LogP contribution in [0.3, 0.4) is 0 Å². The molecule has 1 aromatic rings. The van der Waals surface area contributed by atoms with Gasteiger partial charge in [0.05, 0.1) is 6.54 Å². The second kappa shape index (κ2) is 6.72. The molecule has 1 aliphatic rings. The lowest BCUT2D eigenvalue weighted by Gasteiger charge is -2.35. The van der Waals surface area contributed by atoms with Gasteiger partial charge in [0, 0.05) is 11.7 Å². The van der Waals surface area contributed by atoms with E-state index < -0.39 is 0 Å². The Hall–Kier alpha value is -1.88. The maximum absolute atomic E-state index is 11.9. The number of benzene rings is 1. The van der Waals surface area contributed by atoms with Crippen LogP contribution in [0.5, 0.6) is 0 Å². The number of nitrogens with zero attached hydrogens (tertiary/aromatic N) is 1. The molecule has 2 rings (SSSR count). The average molecular weight is 289 g/mol. The first-order chi connectivity index (χ1) is 10.0. The van der Waals surface area contributed by atoms with Gasteiger partial charge in [-0.25, -0.2) is 0 Å². The van der Waals surface area contributed by atoms with Crippen molar-refractivity contribution in [2.24, 2.45) is 0 Å². The Bertz CT molecular complexity index is 530. The Balaban J connectivity index is 2.30. The van der Waals surface area contributed by atoms with Gasteiger partial charge in [-0.1, -0.05) is 25.1 Å². The highest BCUT2D eigenvalue weighted by Gasteiger charge is 2.31. The summed E-state index contributed by atoms with van der Waals surface area (Å²) in [6, 6.07) is 7.78. The van der Waals surface area contributed by atoms with Crippen molar-refractivity contribution >= 4 is 17.5 Å². The van der Waals surface area contributed by atoms with Gasteiger partial charge < -0.3 is 10.2 Å². The zero-order chi connectivity index (χ0) is 15.4. The maximum Gasteiger partial charge on any atom is 0.249 e. The third-order valence-electron chi connectivity index (χ3n) is 3.84. The van der Waals surface area contributed by atoms with Crippen LogP contribution in [0.2, 0.25) is 0 Å². The topological polar surface area (TPSA) is 61.4 Å². The van der Waals surface area contributed by atoms with E-state index in [1.807, 2.05) is 36.1 Å². The van der Waals surface area contributed by atoms with E-state index in [1.165, 1.54) is 0 Å². The van der Waals surface area contributed by atoms with Crippen LogP contribution in [-0.2, 0) is 9.59 Å². The number of imide groups is 1. The number of hydrogen-bond acceptors (Lipinski definition) is 4. The molecule has 1 heterocycles. The molecule has 2 N–H and O–H groups in total. The van der Waals surface area contributed by atoms with E-state index in [9.17, 15) is 9.59 Å². The van der Waals surface area contributed by atoms with Gasteiger partial charge in [-0.05, 0) is 38.4 Å². The lowest BCUT2D eigenvalue weighted by atomic mass is 10.0. The zero-order valence-corrected chi connectivity index (χ0v) is 12.8. The van der Waals surface area contributed by atoms with Gasteiger partial charge in [0.2, 0.25) is 11.8 Å². The van der Waals surface area contributed by atoms with E-state index in [4.69, 9.17) is 0 Å². The van der Waals surface area contributed by atoms with E-state index in [0.29, 0.717) is 0 Å². The first-order valence-electron chi connectivity index (χ1n) is 7.47. The predicted octanol–water partition coefficient (Wildman–Crippen LogP) is 1.60. The Kier molecular flexibility index (Phi) is 4.96. The van der Waals surface area contributed by atoms with Crippen molar-refractivity contribution in [2.75, 3.05) is 18.0 Å². The SMILES string of the molecule is CCCNC(C)c1ccccc1N1CC(=O)NC(=O)C1C. The van der Waals surface area contributed by atoms with Crippen molar-refractivity contribution in [1.82, 2.24) is 10.6 Å². The van der Waals surface area contributed by atoms with Crippen LogP contribution in [0.4, 0.5) is 5.69 Å². The highest BCUT2D eigenvalue weighted by atomic mass is 16.2. The van der Waals surface area contributed by atoms with Crippen molar-refractivity contribution in [3.63, 3.8) is 0 Å². The first kappa shape index (κ1) is 15.5. The van der Waals surface area contributed by atoms with E-state index in [-0.39, 0.29) is 30.4 Å². The summed E-state index contributed by atoms with van der Waals surface area (Å²) in [6.45, 7) is 7.20. The fourth-order valence-electron chi connectivity index (χ4n) is 2.59. The van der Waals surface area contributed by atoms with Gasteiger partial charge in [-0.3, -0.25) is 14.9 Å². The fraction of sp³-hybridized carbons (Fsp3) is 0.500. The van der Waals surface area contributed by atoms with E-state index >= 15 is 0 Å². The number of hydrogen-bond donors (Lipinski definition) is 2.